The first-order valence-electron chi connectivity index (χ1n) is 38.0. The van der Waals surface area contributed by atoms with Crippen LogP contribution in [0, 0.1) is 0 Å². The zero-order chi connectivity index (χ0) is 59.2. The molecular formula is C76H148O6. The van der Waals surface area contributed by atoms with Gasteiger partial charge in [0.2, 0.25) is 0 Å². The fourth-order valence-corrected chi connectivity index (χ4v) is 12.2. The Morgan fingerprint density at radius 2 is 0.329 bits per heavy atom. The minimum absolute atomic E-state index is 0.0604. The first-order valence-corrected chi connectivity index (χ1v) is 38.0. The Morgan fingerprint density at radius 3 is 0.488 bits per heavy atom. The van der Waals surface area contributed by atoms with Crippen LogP contribution in [0.3, 0.4) is 0 Å². The zero-order valence-corrected chi connectivity index (χ0v) is 56.3. The van der Waals surface area contributed by atoms with E-state index in [0.717, 1.165) is 57.8 Å². The van der Waals surface area contributed by atoms with Crippen LogP contribution in [-0.4, -0.2) is 37.2 Å². The molecule has 6 heteroatoms. The standard InChI is InChI=1S/C76H148O6/c1-4-7-10-13-16-19-22-24-26-28-30-32-34-36-38-40-42-44-46-48-50-52-54-57-60-63-66-69-75(78)81-72-73(71-80-74(77)68-65-62-59-56-21-18-15-12-9-6-3)82-76(79)70-67-64-61-58-55-53-51-49-47-45-43-41-39-37-35-33-31-29-27-25-23-20-17-14-11-8-5-2/h73H,4-72H2,1-3H3. The van der Waals surface area contributed by atoms with Gasteiger partial charge in [-0.2, -0.15) is 0 Å². The van der Waals surface area contributed by atoms with E-state index in [1.54, 1.807) is 0 Å². The first kappa shape index (κ1) is 80.4. The Bertz CT molecular complexity index is 1240. The summed E-state index contributed by atoms with van der Waals surface area (Å²) in [5.41, 5.74) is 0. The number of unbranched alkanes of at least 4 members (excludes halogenated alkanes) is 61. The normalized spacial score (nSPS) is 11.9. The third-order valence-corrected chi connectivity index (χ3v) is 17.9. The highest BCUT2D eigenvalue weighted by molar-refractivity contribution is 5.71. The summed E-state index contributed by atoms with van der Waals surface area (Å²) in [7, 11) is 0. The minimum Gasteiger partial charge on any atom is -0.462 e. The molecule has 0 saturated carbocycles. The second-order valence-corrected chi connectivity index (χ2v) is 26.3. The molecule has 1 atom stereocenters. The predicted octanol–water partition coefficient (Wildman–Crippen LogP) is 26.2. The van der Waals surface area contributed by atoms with Crippen LogP contribution in [-0.2, 0) is 28.6 Å². The number of ether oxygens (including phenoxy) is 3. The van der Waals surface area contributed by atoms with E-state index in [1.807, 2.05) is 0 Å². The summed E-state index contributed by atoms with van der Waals surface area (Å²) >= 11 is 0. The van der Waals surface area contributed by atoms with Crippen LogP contribution >= 0.6 is 0 Å². The molecule has 0 aliphatic rings. The molecule has 0 aromatic rings. The predicted molar refractivity (Wildman–Crippen MR) is 358 cm³/mol. The van der Waals surface area contributed by atoms with Crippen molar-refractivity contribution in [2.45, 2.75) is 457 Å². The van der Waals surface area contributed by atoms with Crippen molar-refractivity contribution in [1.29, 1.82) is 0 Å². The number of rotatable bonds is 72. The maximum Gasteiger partial charge on any atom is 0.306 e. The molecule has 0 rings (SSSR count). The highest BCUT2D eigenvalue weighted by Gasteiger charge is 2.20. The number of hydrogen-bond donors (Lipinski definition) is 0. The van der Waals surface area contributed by atoms with Gasteiger partial charge >= 0.3 is 17.9 Å². The lowest BCUT2D eigenvalue weighted by Gasteiger charge is -2.18. The summed E-state index contributed by atoms with van der Waals surface area (Å²) in [6.45, 7) is 6.73. The molecule has 0 aliphatic carbocycles. The van der Waals surface area contributed by atoms with Crippen molar-refractivity contribution in [2.75, 3.05) is 13.2 Å². The Kier molecular flexibility index (Phi) is 70.5. The zero-order valence-electron chi connectivity index (χ0n) is 56.3. The van der Waals surface area contributed by atoms with Gasteiger partial charge in [-0.15, -0.1) is 0 Å². The molecule has 488 valence electrons. The van der Waals surface area contributed by atoms with Gasteiger partial charge in [-0.1, -0.05) is 412 Å². The molecular weight excluding hydrogens is 1010 g/mol. The van der Waals surface area contributed by atoms with Gasteiger partial charge < -0.3 is 14.2 Å². The van der Waals surface area contributed by atoms with Crippen molar-refractivity contribution in [3.8, 4) is 0 Å². The van der Waals surface area contributed by atoms with Gasteiger partial charge in [0, 0.05) is 19.3 Å². The Morgan fingerprint density at radius 1 is 0.195 bits per heavy atom. The van der Waals surface area contributed by atoms with Crippen LogP contribution < -0.4 is 0 Å². The number of hydrogen-bond acceptors (Lipinski definition) is 6. The van der Waals surface area contributed by atoms with Crippen molar-refractivity contribution in [3.63, 3.8) is 0 Å². The summed E-state index contributed by atoms with van der Waals surface area (Å²) < 4.78 is 17.0. The van der Waals surface area contributed by atoms with Gasteiger partial charge in [-0.25, -0.2) is 0 Å². The Labute approximate surface area is 514 Å². The lowest BCUT2D eigenvalue weighted by Crippen LogP contribution is -2.30. The van der Waals surface area contributed by atoms with E-state index < -0.39 is 6.10 Å². The fraction of sp³-hybridized carbons (Fsp3) is 0.961. The second kappa shape index (κ2) is 71.9. The molecule has 0 saturated heterocycles. The summed E-state index contributed by atoms with van der Waals surface area (Å²) in [6.07, 6.45) is 86.0. The van der Waals surface area contributed by atoms with E-state index in [-0.39, 0.29) is 31.1 Å². The molecule has 0 aromatic heterocycles. The lowest BCUT2D eigenvalue weighted by molar-refractivity contribution is -0.167. The Balaban J connectivity index is 4.06. The molecule has 0 N–H and O–H groups in total. The smallest absolute Gasteiger partial charge is 0.306 e. The van der Waals surface area contributed by atoms with Crippen LogP contribution in [0.2, 0.25) is 0 Å². The molecule has 0 heterocycles. The fourth-order valence-electron chi connectivity index (χ4n) is 12.2. The topological polar surface area (TPSA) is 78.9 Å². The average Bonchev–Trinajstić information content (AvgIpc) is 3.48. The van der Waals surface area contributed by atoms with Crippen LogP contribution in [0.4, 0.5) is 0 Å². The van der Waals surface area contributed by atoms with Crippen molar-refractivity contribution < 1.29 is 28.6 Å². The molecule has 6 nitrogen and oxygen atoms in total. The molecule has 0 aliphatic heterocycles. The summed E-state index contributed by atoms with van der Waals surface area (Å²) in [6, 6.07) is 0. The van der Waals surface area contributed by atoms with E-state index in [1.165, 1.54) is 353 Å². The van der Waals surface area contributed by atoms with Gasteiger partial charge in [0.15, 0.2) is 6.10 Å². The van der Waals surface area contributed by atoms with Crippen molar-refractivity contribution in [2.24, 2.45) is 0 Å². The van der Waals surface area contributed by atoms with E-state index in [9.17, 15) is 14.4 Å². The molecule has 1 unspecified atom stereocenters. The molecule has 82 heavy (non-hydrogen) atoms. The van der Waals surface area contributed by atoms with Crippen molar-refractivity contribution in [1.82, 2.24) is 0 Å². The summed E-state index contributed by atoms with van der Waals surface area (Å²) in [5.74, 6) is -0.821. The second-order valence-electron chi connectivity index (χ2n) is 26.3. The maximum absolute atomic E-state index is 13.0. The van der Waals surface area contributed by atoms with E-state index in [4.69, 9.17) is 14.2 Å². The lowest BCUT2D eigenvalue weighted by atomic mass is 10.0. The van der Waals surface area contributed by atoms with E-state index in [2.05, 4.69) is 20.8 Å². The molecule has 0 amide bonds. The summed E-state index contributed by atoms with van der Waals surface area (Å²) in [4.78, 5) is 38.4. The maximum atomic E-state index is 13.0. The molecule has 0 fully saturated rings. The highest BCUT2D eigenvalue weighted by atomic mass is 16.6. The van der Waals surface area contributed by atoms with Gasteiger partial charge in [0.05, 0.1) is 0 Å². The quantitative estimate of drug-likeness (QED) is 0.0343. The van der Waals surface area contributed by atoms with Crippen LogP contribution in [0.15, 0.2) is 0 Å². The largest absolute Gasteiger partial charge is 0.462 e. The van der Waals surface area contributed by atoms with Crippen LogP contribution in [0.25, 0.3) is 0 Å². The molecule has 0 aromatic carbocycles. The Hall–Kier alpha value is -1.59. The average molecular weight is 1160 g/mol. The highest BCUT2D eigenvalue weighted by Crippen LogP contribution is 2.20. The number of esters is 3. The van der Waals surface area contributed by atoms with Crippen molar-refractivity contribution in [3.05, 3.63) is 0 Å². The van der Waals surface area contributed by atoms with Crippen LogP contribution in [0.1, 0.15) is 451 Å². The van der Waals surface area contributed by atoms with Gasteiger partial charge in [0.1, 0.15) is 13.2 Å². The van der Waals surface area contributed by atoms with Crippen molar-refractivity contribution >= 4 is 17.9 Å². The van der Waals surface area contributed by atoms with Gasteiger partial charge in [-0.05, 0) is 19.3 Å². The monoisotopic (exact) mass is 1160 g/mol. The van der Waals surface area contributed by atoms with E-state index >= 15 is 0 Å². The number of carbonyl (C=O) groups is 3. The van der Waals surface area contributed by atoms with Crippen LogP contribution in [0.5, 0.6) is 0 Å². The molecule has 0 radical (unpaired) electrons. The minimum atomic E-state index is -0.763. The molecule has 0 spiro atoms. The van der Waals surface area contributed by atoms with Gasteiger partial charge in [0.25, 0.3) is 0 Å². The molecule has 0 bridgehead atoms. The SMILES string of the molecule is CCCCCCCCCCCCCCCCCCCCCCCCCCCCCC(=O)OCC(COC(=O)CCCCCCCCCCCC)OC(=O)CCCCCCCCCCCCCCCCCCCCCCCCCCCCC. The van der Waals surface area contributed by atoms with E-state index in [0.29, 0.717) is 19.3 Å². The number of carbonyl (C=O) groups excluding carboxylic acids is 3. The first-order chi connectivity index (χ1) is 40.5. The summed E-state index contributed by atoms with van der Waals surface area (Å²) in [5, 5.41) is 0. The van der Waals surface area contributed by atoms with Gasteiger partial charge in [-0.3, -0.25) is 14.4 Å². The third-order valence-electron chi connectivity index (χ3n) is 17.9. The third kappa shape index (κ3) is 69.2.